The molecule has 2 aliphatic rings. The molecule has 9 heteroatoms. The minimum atomic E-state index is -0.841. The summed E-state index contributed by atoms with van der Waals surface area (Å²) in [4.78, 5) is 28.2. The zero-order valence-electron chi connectivity index (χ0n) is 22.1. The van der Waals surface area contributed by atoms with Crippen molar-refractivity contribution in [1.82, 2.24) is 20.1 Å². The molecule has 8 nitrogen and oxygen atoms in total. The van der Waals surface area contributed by atoms with Crippen LogP contribution in [0, 0.1) is 5.82 Å². The SMILES string of the molecule is CO[C@H](C)[C@H](NC(=O)[C@H](C)N)C(=O)N1CC[C@H]2NC[C@H](c3cn(Cc4ccccc4)c4cc(F)ccc34)[C@H]21. The minimum absolute atomic E-state index is 0.0130. The van der Waals surface area contributed by atoms with E-state index in [2.05, 4.69) is 33.5 Å². The molecule has 0 saturated carbocycles. The van der Waals surface area contributed by atoms with Crippen LogP contribution >= 0.6 is 0 Å². The van der Waals surface area contributed by atoms with E-state index in [1.165, 1.54) is 13.2 Å². The highest BCUT2D eigenvalue weighted by Gasteiger charge is 2.49. The maximum Gasteiger partial charge on any atom is 0.248 e. The predicted molar refractivity (Wildman–Crippen MR) is 144 cm³/mol. The van der Waals surface area contributed by atoms with Crippen molar-refractivity contribution in [1.29, 1.82) is 0 Å². The molecule has 0 radical (unpaired) electrons. The Morgan fingerprint density at radius 3 is 2.68 bits per heavy atom. The summed E-state index contributed by atoms with van der Waals surface area (Å²) in [6.07, 6.45) is 2.41. The summed E-state index contributed by atoms with van der Waals surface area (Å²) in [5, 5.41) is 7.40. The molecule has 4 N–H and O–H groups in total. The van der Waals surface area contributed by atoms with E-state index in [1.807, 2.05) is 29.2 Å². The third kappa shape index (κ3) is 4.93. The van der Waals surface area contributed by atoms with Crippen molar-refractivity contribution in [2.75, 3.05) is 20.2 Å². The molecule has 38 heavy (non-hydrogen) atoms. The lowest BCUT2D eigenvalue weighted by atomic mass is 9.91. The average Bonchev–Trinajstić information content (AvgIpc) is 3.61. The summed E-state index contributed by atoms with van der Waals surface area (Å²) in [6.45, 7) is 5.26. The molecule has 3 heterocycles. The number of nitrogens with two attached hydrogens (primary N) is 1. The molecule has 2 fully saturated rings. The van der Waals surface area contributed by atoms with Crippen LogP contribution in [0.3, 0.4) is 0 Å². The van der Waals surface area contributed by atoms with Crippen molar-refractivity contribution in [2.45, 2.75) is 63.0 Å². The van der Waals surface area contributed by atoms with Gasteiger partial charge in [-0.3, -0.25) is 9.59 Å². The van der Waals surface area contributed by atoms with E-state index in [1.54, 1.807) is 19.9 Å². The van der Waals surface area contributed by atoms with Crippen molar-refractivity contribution in [3.63, 3.8) is 0 Å². The number of aromatic nitrogens is 1. The molecule has 2 aliphatic heterocycles. The molecule has 0 aliphatic carbocycles. The van der Waals surface area contributed by atoms with Crippen LogP contribution in [0.2, 0.25) is 0 Å². The number of amides is 2. The van der Waals surface area contributed by atoms with Crippen molar-refractivity contribution in [3.8, 4) is 0 Å². The smallest absolute Gasteiger partial charge is 0.248 e. The van der Waals surface area contributed by atoms with Gasteiger partial charge in [-0.2, -0.15) is 0 Å². The van der Waals surface area contributed by atoms with Crippen LogP contribution in [0.25, 0.3) is 10.9 Å². The van der Waals surface area contributed by atoms with E-state index in [9.17, 15) is 14.0 Å². The van der Waals surface area contributed by atoms with E-state index < -0.39 is 24.1 Å². The number of hydrogen-bond acceptors (Lipinski definition) is 5. The Morgan fingerprint density at radius 1 is 1.21 bits per heavy atom. The van der Waals surface area contributed by atoms with Crippen molar-refractivity contribution < 1.29 is 18.7 Å². The lowest BCUT2D eigenvalue weighted by Crippen LogP contribution is -2.58. The Labute approximate surface area is 222 Å². The van der Waals surface area contributed by atoms with Crippen LogP contribution < -0.4 is 16.4 Å². The molecule has 3 aromatic rings. The van der Waals surface area contributed by atoms with E-state index >= 15 is 0 Å². The number of halogens is 1. The highest BCUT2D eigenvalue weighted by molar-refractivity contribution is 5.91. The first-order valence-electron chi connectivity index (χ1n) is 13.2. The maximum atomic E-state index is 14.3. The summed E-state index contributed by atoms with van der Waals surface area (Å²) >= 11 is 0. The van der Waals surface area contributed by atoms with Gasteiger partial charge in [0.25, 0.3) is 0 Å². The summed E-state index contributed by atoms with van der Waals surface area (Å²) in [5.74, 6) is -0.833. The fourth-order valence-electron chi connectivity index (χ4n) is 5.97. The summed E-state index contributed by atoms with van der Waals surface area (Å²) in [7, 11) is 1.52. The number of rotatable bonds is 8. The highest BCUT2D eigenvalue weighted by Crippen LogP contribution is 2.40. The molecule has 0 unspecified atom stereocenters. The quantitative estimate of drug-likeness (QED) is 0.423. The van der Waals surface area contributed by atoms with Crippen molar-refractivity contribution in [3.05, 3.63) is 71.7 Å². The summed E-state index contributed by atoms with van der Waals surface area (Å²) in [5.41, 5.74) is 8.81. The first-order valence-corrected chi connectivity index (χ1v) is 13.2. The van der Waals surface area contributed by atoms with Gasteiger partial charge in [-0.05, 0) is 49.6 Å². The standard InChI is InChI=1S/C29H36FN5O3/c1-17(31)28(36)33-26(18(2)38-3)29(37)35-12-11-24-27(35)22(14-32-24)23-16-34(15-19-7-5-4-6-8-19)25-13-20(30)9-10-21(23)25/h4-10,13,16-18,22,24,26-27,32H,11-12,14-15,31H2,1-3H3,(H,33,36)/t17-,18+,22+,24+,26-,27+/m0/s1. The van der Waals surface area contributed by atoms with Crippen molar-refractivity contribution >= 4 is 22.7 Å². The van der Waals surface area contributed by atoms with Gasteiger partial charge in [0.15, 0.2) is 0 Å². The number of carbonyl (C=O) groups is 2. The Hall–Kier alpha value is -3.27. The molecular formula is C29H36FN5O3. The molecule has 2 aromatic carbocycles. The molecule has 2 saturated heterocycles. The Balaban J connectivity index is 1.48. The zero-order chi connectivity index (χ0) is 27.0. The van der Waals surface area contributed by atoms with Gasteiger partial charge in [0.1, 0.15) is 11.9 Å². The summed E-state index contributed by atoms with van der Waals surface area (Å²) in [6, 6.07) is 13.5. The topological polar surface area (TPSA) is 102 Å². The third-order valence-electron chi connectivity index (χ3n) is 8.04. The zero-order valence-corrected chi connectivity index (χ0v) is 22.1. The van der Waals surface area contributed by atoms with Gasteiger partial charge in [-0.25, -0.2) is 4.39 Å². The fraction of sp³-hybridized carbons (Fsp3) is 0.448. The van der Waals surface area contributed by atoms with Crippen LogP contribution in [0.15, 0.2) is 54.7 Å². The predicted octanol–water partition coefficient (Wildman–Crippen LogP) is 2.35. The first kappa shape index (κ1) is 26.3. The van der Waals surface area contributed by atoms with Gasteiger partial charge in [0.2, 0.25) is 11.8 Å². The molecule has 0 spiro atoms. The monoisotopic (exact) mass is 521 g/mol. The third-order valence-corrected chi connectivity index (χ3v) is 8.04. The van der Waals surface area contributed by atoms with E-state index in [0.717, 1.165) is 28.5 Å². The highest BCUT2D eigenvalue weighted by atomic mass is 19.1. The Bertz CT molecular complexity index is 1310. The Kier molecular flexibility index (Phi) is 7.52. The largest absolute Gasteiger partial charge is 0.379 e. The Morgan fingerprint density at radius 2 is 1.97 bits per heavy atom. The maximum absolute atomic E-state index is 14.3. The second-order valence-electron chi connectivity index (χ2n) is 10.5. The van der Waals surface area contributed by atoms with Gasteiger partial charge >= 0.3 is 0 Å². The number of likely N-dealkylation sites (tertiary alicyclic amines) is 1. The average molecular weight is 522 g/mol. The molecule has 6 atom stereocenters. The second-order valence-corrected chi connectivity index (χ2v) is 10.5. The molecule has 0 bridgehead atoms. The van der Waals surface area contributed by atoms with Gasteiger partial charge in [0.05, 0.1) is 23.7 Å². The van der Waals surface area contributed by atoms with Crippen molar-refractivity contribution in [2.24, 2.45) is 5.73 Å². The number of fused-ring (bicyclic) bond motifs is 2. The lowest BCUT2D eigenvalue weighted by Gasteiger charge is -2.34. The molecule has 5 rings (SSSR count). The normalized spacial score (nSPS) is 23.3. The summed E-state index contributed by atoms with van der Waals surface area (Å²) < 4.78 is 21.9. The van der Waals surface area contributed by atoms with Crippen LogP contribution in [0.4, 0.5) is 4.39 Å². The van der Waals surface area contributed by atoms with Gasteiger partial charge in [-0.15, -0.1) is 0 Å². The molecule has 202 valence electrons. The van der Waals surface area contributed by atoms with Gasteiger partial charge < -0.3 is 30.6 Å². The lowest BCUT2D eigenvalue weighted by molar-refractivity contribution is -0.141. The number of ether oxygens (including phenoxy) is 1. The van der Waals surface area contributed by atoms with E-state index in [4.69, 9.17) is 10.5 Å². The van der Waals surface area contributed by atoms with Crippen LogP contribution in [-0.4, -0.2) is 71.8 Å². The number of nitrogens with one attached hydrogen (secondary N) is 2. The van der Waals surface area contributed by atoms with Gasteiger partial charge in [0, 0.05) is 50.3 Å². The van der Waals surface area contributed by atoms with Crippen LogP contribution in [-0.2, 0) is 20.9 Å². The molecule has 2 amide bonds. The number of hydrogen-bond donors (Lipinski definition) is 3. The second kappa shape index (κ2) is 10.8. The number of carbonyl (C=O) groups excluding carboxylic acids is 2. The van der Waals surface area contributed by atoms with E-state index in [0.29, 0.717) is 19.6 Å². The number of nitrogens with zero attached hydrogens (tertiary/aromatic N) is 2. The van der Waals surface area contributed by atoms with Crippen LogP contribution in [0.5, 0.6) is 0 Å². The molecular weight excluding hydrogens is 485 g/mol. The fourth-order valence-corrected chi connectivity index (χ4v) is 5.97. The van der Waals surface area contributed by atoms with Gasteiger partial charge in [-0.1, -0.05) is 30.3 Å². The number of benzene rings is 2. The molecule has 1 aromatic heterocycles. The van der Waals surface area contributed by atoms with Crippen LogP contribution in [0.1, 0.15) is 37.3 Å². The number of methoxy groups -OCH3 is 1. The van der Waals surface area contributed by atoms with E-state index in [-0.39, 0.29) is 29.7 Å². The first-order chi connectivity index (χ1) is 18.3. The minimum Gasteiger partial charge on any atom is -0.379 e.